The van der Waals surface area contributed by atoms with Gasteiger partial charge in [-0.1, -0.05) is 6.92 Å². The summed E-state index contributed by atoms with van der Waals surface area (Å²) in [6.45, 7) is 1.92. The molecule has 2 rings (SSSR count). The third-order valence-electron chi connectivity index (χ3n) is 3.06. The van der Waals surface area contributed by atoms with Gasteiger partial charge in [-0.15, -0.1) is 0 Å². The number of ketones is 2. The van der Waals surface area contributed by atoms with E-state index in [1.54, 1.807) is 24.0 Å². The normalized spacial score (nSPS) is 17.5. The summed E-state index contributed by atoms with van der Waals surface area (Å²) in [6.07, 6.45) is 5.09. The third kappa shape index (κ3) is 1.84. The van der Waals surface area contributed by atoms with Gasteiger partial charge in [0.15, 0.2) is 5.82 Å². The maximum Gasteiger partial charge on any atom is 0.205 e. The zero-order chi connectivity index (χ0) is 11.1. The molecule has 1 aromatic rings. The SMILES string of the molecule is Cn1ccnc1C(=O)CC(=O)C1(C)CC1. The number of hydrogen-bond acceptors (Lipinski definition) is 3. The predicted octanol–water partition coefficient (Wildman–Crippen LogP) is 1.36. The highest BCUT2D eigenvalue weighted by molar-refractivity contribution is 6.08. The Kier molecular flexibility index (Phi) is 2.21. The van der Waals surface area contributed by atoms with Crippen molar-refractivity contribution in [2.24, 2.45) is 12.5 Å². The topological polar surface area (TPSA) is 52.0 Å². The first-order valence-corrected chi connectivity index (χ1v) is 5.07. The standard InChI is InChI=1S/C11H14N2O2/c1-11(3-4-11)9(15)7-8(14)10-12-5-6-13(10)2/h5-6H,3-4,7H2,1-2H3. The lowest BCUT2D eigenvalue weighted by Gasteiger charge is -2.05. The lowest BCUT2D eigenvalue weighted by Crippen LogP contribution is -2.18. The molecule has 0 bridgehead atoms. The number of Topliss-reactive ketones (excluding diaryl/α,β-unsaturated/α-hetero) is 2. The Bertz CT molecular complexity index is 416. The fourth-order valence-electron chi connectivity index (χ4n) is 1.54. The van der Waals surface area contributed by atoms with Gasteiger partial charge >= 0.3 is 0 Å². The summed E-state index contributed by atoms with van der Waals surface area (Å²) in [6, 6.07) is 0. The monoisotopic (exact) mass is 206 g/mol. The molecule has 0 N–H and O–H groups in total. The minimum absolute atomic E-state index is 0.0125. The van der Waals surface area contributed by atoms with Crippen LogP contribution in [0.5, 0.6) is 0 Å². The maximum absolute atomic E-state index is 11.7. The van der Waals surface area contributed by atoms with E-state index in [1.807, 2.05) is 6.92 Å². The summed E-state index contributed by atoms with van der Waals surface area (Å²) in [5.74, 6) is 0.240. The van der Waals surface area contributed by atoms with Crippen LogP contribution in [0.2, 0.25) is 0 Å². The molecule has 15 heavy (non-hydrogen) atoms. The van der Waals surface area contributed by atoms with Crippen molar-refractivity contribution in [2.45, 2.75) is 26.2 Å². The van der Waals surface area contributed by atoms with Crippen LogP contribution in [0.3, 0.4) is 0 Å². The molecule has 4 nitrogen and oxygen atoms in total. The van der Waals surface area contributed by atoms with Gasteiger partial charge in [0.2, 0.25) is 5.78 Å². The van der Waals surface area contributed by atoms with Crippen LogP contribution in [0.15, 0.2) is 12.4 Å². The minimum atomic E-state index is -0.221. The average Bonchev–Trinajstić information content (AvgIpc) is 2.77. The van der Waals surface area contributed by atoms with Crippen molar-refractivity contribution in [2.75, 3.05) is 0 Å². The maximum atomic E-state index is 11.7. The molecular weight excluding hydrogens is 192 g/mol. The van der Waals surface area contributed by atoms with Crippen molar-refractivity contribution in [3.8, 4) is 0 Å². The van der Waals surface area contributed by atoms with Gasteiger partial charge in [0.05, 0.1) is 6.42 Å². The van der Waals surface area contributed by atoms with Crippen molar-refractivity contribution in [3.05, 3.63) is 18.2 Å². The molecule has 1 aliphatic carbocycles. The van der Waals surface area contributed by atoms with Crippen LogP contribution in [0, 0.1) is 5.41 Å². The summed E-state index contributed by atoms with van der Waals surface area (Å²) in [4.78, 5) is 27.3. The van der Waals surface area contributed by atoms with Crippen LogP contribution in [0.25, 0.3) is 0 Å². The second kappa shape index (κ2) is 3.29. The molecule has 1 saturated carbocycles. The fraction of sp³-hybridized carbons (Fsp3) is 0.545. The number of hydrogen-bond donors (Lipinski definition) is 0. The second-order valence-electron chi connectivity index (χ2n) is 4.45. The van der Waals surface area contributed by atoms with Crippen molar-refractivity contribution >= 4 is 11.6 Å². The minimum Gasteiger partial charge on any atom is -0.332 e. The molecule has 0 aliphatic heterocycles. The molecule has 0 radical (unpaired) electrons. The van der Waals surface area contributed by atoms with Crippen molar-refractivity contribution < 1.29 is 9.59 Å². The smallest absolute Gasteiger partial charge is 0.205 e. The summed E-state index contributed by atoms with van der Waals surface area (Å²) in [5.41, 5.74) is -0.221. The molecular formula is C11H14N2O2. The first-order valence-electron chi connectivity index (χ1n) is 5.07. The van der Waals surface area contributed by atoms with E-state index >= 15 is 0 Å². The Morgan fingerprint density at radius 1 is 1.53 bits per heavy atom. The van der Waals surface area contributed by atoms with Crippen molar-refractivity contribution in [3.63, 3.8) is 0 Å². The first-order chi connectivity index (χ1) is 7.03. The molecule has 0 unspecified atom stereocenters. The number of imidazole rings is 1. The number of nitrogens with zero attached hydrogens (tertiary/aromatic N) is 2. The summed E-state index contributed by atoms with van der Waals surface area (Å²) >= 11 is 0. The molecule has 0 aromatic carbocycles. The highest BCUT2D eigenvalue weighted by atomic mass is 16.2. The number of carbonyl (C=O) groups is 2. The van der Waals surface area contributed by atoms with Gasteiger partial charge in [0.25, 0.3) is 0 Å². The molecule has 0 atom stereocenters. The van der Waals surface area contributed by atoms with E-state index in [4.69, 9.17) is 0 Å². The molecule has 80 valence electrons. The average molecular weight is 206 g/mol. The summed E-state index contributed by atoms with van der Waals surface area (Å²) in [7, 11) is 1.75. The number of rotatable bonds is 4. The van der Waals surface area contributed by atoms with E-state index < -0.39 is 0 Å². The fourth-order valence-corrected chi connectivity index (χ4v) is 1.54. The number of carbonyl (C=O) groups excluding carboxylic acids is 2. The Labute approximate surface area is 88.3 Å². The largest absolute Gasteiger partial charge is 0.332 e. The zero-order valence-electron chi connectivity index (χ0n) is 8.99. The summed E-state index contributed by atoms with van der Waals surface area (Å²) < 4.78 is 1.64. The third-order valence-corrected chi connectivity index (χ3v) is 3.06. The van der Waals surface area contributed by atoms with Crippen LogP contribution in [0.1, 0.15) is 36.8 Å². The van der Waals surface area contributed by atoms with Crippen molar-refractivity contribution in [1.82, 2.24) is 9.55 Å². The van der Waals surface area contributed by atoms with Gasteiger partial charge in [0, 0.05) is 24.9 Å². The van der Waals surface area contributed by atoms with E-state index in [0.29, 0.717) is 5.82 Å². The molecule has 0 spiro atoms. The highest BCUT2D eigenvalue weighted by Crippen LogP contribution is 2.46. The van der Waals surface area contributed by atoms with Gasteiger partial charge in [-0.3, -0.25) is 9.59 Å². The molecule has 1 heterocycles. The summed E-state index contributed by atoms with van der Waals surface area (Å²) in [5, 5.41) is 0. The van der Waals surface area contributed by atoms with E-state index in [9.17, 15) is 9.59 Å². The van der Waals surface area contributed by atoms with Crippen LogP contribution >= 0.6 is 0 Å². The highest BCUT2D eigenvalue weighted by Gasteiger charge is 2.44. The molecule has 1 aliphatic rings. The second-order valence-corrected chi connectivity index (χ2v) is 4.45. The molecule has 4 heteroatoms. The number of aryl methyl sites for hydroxylation is 1. The quantitative estimate of drug-likeness (QED) is 0.552. The Morgan fingerprint density at radius 2 is 2.20 bits per heavy atom. The molecule has 0 amide bonds. The van der Waals surface area contributed by atoms with Crippen LogP contribution in [0.4, 0.5) is 0 Å². The van der Waals surface area contributed by atoms with Gasteiger partial charge < -0.3 is 4.57 Å². The van der Waals surface area contributed by atoms with Crippen LogP contribution in [-0.4, -0.2) is 21.1 Å². The lowest BCUT2D eigenvalue weighted by atomic mass is 9.99. The molecule has 0 saturated heterocycles. The first kappa shape index (κ1) is 10.1. The van der Waals surface area contributed by atoms with Gasteiger partial charge in [-0.25, -0.2) is 4.98 Å². The van der Waals surface area contributed by atoms with E-state index in [2.05, 4.69) is 4.98 Å². The Balaban J connectivity index is 2.04. The zero-order valence-corrected chi connectivity index (χ0v) is 8.99. The predicted molar refractivity (Wildman–Crippen MR) is 54.5 cm³/mol. The Morgan fingerprint density at radius 3 is 2.67 bits per heavy atom. The van der Waals surface area contributed by atoms with Gasteiger partial charge in [-0.05, 0) is 12.8 Å². The lowest BCUT2D eigenvalue weighted by molar-refractivity contribution is -0.122. The van der Waals surface area contributed by atoms with Gasteiger partial charge in [0.1, 0.15) is 5.78 Å². The van der Waals surface area contributed by atoms with E-state index in [1.165, 1.54) is 0 Å². The van der Waals surface area contributed by atoms with Gasteiger partial charge in [-0.2, -0.15) is 0 Å². The van der Waals surface area contributed by atoms with E-state index in [0.717, 1.165) is 12.8 Å². The molecule has 1 aromatic heterocycles. The number of aromatic nitrogens is 2. The van der Waals surface area contributed by atoms with Crippen molar-refractivity contribution in [1.29, 1.82) is 0 Å². The van der Waals surface area contributed by atoms with E-state index in [-0.39, 0.29) is 23.4 Å². The Hall–Kier alpha value is -1.45. The van der Waals surface area contributed by atoms with Crippen LogP contribution in [-0.2, 0) is 11.8 Å². The molecule has 1 fully saturated rings. The van der Waals surface area contributed by atoms with Crippen LogP contribution < -0.4 is 0 Å².